The summed E-state index contributed by atoms with van der Waals surface area (Å²) in [6, 6.07) is 6.01. The van der Waals surface area contributed by atoms with Crippen molar-refractivity contribution in [3.8, 4) is 5.75 Å². The van der Waals surface area contributed by atoms with Gasteiger partial charge in [0.15, 0.2) is 0 Å². The highest BCUT2D eigenvalue weighted by Gasteiger charge is 2.17. The van der Waals surface area contributed by atoms with Crippen LogP contribution in [0.4, 0.5) is 4.79 Å². The molecule has 0 aliphatic rings. The lowest BCUT2D eigenvalue weighted by atomic mass is 9.96. The molecule has 0 saturated carbocycles. The SMILES string of the molecule is C=CCC(C)c1ccc(C)cc1OC(=O)N(CC)CC. The molecule has 0 heterocycles. The van der Waals surface area contributed by atoms with Gasteiger partial charge in [-0.05, 0) is 50.3 Å². The molecule has 1 rings (SSSR count). The van der Waals surface area contributed by atoms with E-state index in [9.17, 15) is 4.79 Å². The second-order valence-electron chi connectivity index (χ2n) is 5.01. The standard InChI is InChI=1S/C17H25NO2/c1-6-9-14(5)15-11-10-13(4)12-16(15)20-17(19)18(7-2)8-3/h6,10-12,14H,1,7-9H2,2-5H3. The molecule has 1 atom stereocenters. The van der Waals surface area contributed by atoms with Crippen LogP contribution in [-0.2, 0) is 0 Å². The van der Waals surface area contributed by atoms with E-state index in [0.717, 1.165) is 17.5 Å². The fraction of sp³-hybridized carbons (Fsp3) is 0.471. The Hall–Kier alpha value is -1.77. The molecule has 0 aromatic heterocycles. The van der Waals surface area contributed by atoms with E-state index in [1.54, 1.807) is 4.90 Å². The number of nitrogens with zero attached hydrogens (tertiary/aromatic N) is 1. The van der Waals surface area contributed by atoms with Gasteiger partial charge in [-0.2, -0.15) is 0 Å². The lowest BCUT2D eigenvalue weighted by molar-refractivity contribution is 0.156. The van der Waals surface area contributed by atoms with Crippen LogP contribution in [0, 0.1) is 6.92 Å². The number of ether oxygens (including phenoxy) is 1. The Bertz CT molecular complexity index is 464. The van der Waals surface area contributed by atoms with Crippen LogP contribution in [0.5, 0.6) is 5.75 Å². The first-order valence-electron chi connectivity index (χ1n) is 7.21. The number of hydrogen-bond donors (Lipinski definition) is 0. The van der Waals surface area contributed by atoms with Gasteiger partial charge >= 0.3 is 6.09 Å². The summed E-state index contributed by atoms with van der Waals surface area (Å²) in [7, 11) is 0. The summed E-state index contributed by atoms with van der Waals surface area (Å²) in [5, 5.41) is 0. The molecule has 1 unspecified atom stereocenters. The number of benzene rings is 1. The maximum absolute atomic E-state index is 12.1. The molecule has 20 heavy (non-hydrogen) atoms. The molecule has 0 saturated heterocycles. The summed E-state index contributed by atoms with van der Waals surface area (Å²) in [4.78, 5) is 13.8. The molecule has 3 nitrogen and oxygen atoms in total. The van der Waals surface area contributed by atoms with Crippen LogP contribution >= 0.6 is 0 Å². The fourth-order valence-electron chi connectivity index (χ4n) is 2.15. The molecule has 0 radical (unpaired) electrons. The van der Waals surface area contributed by atoms with Gasteiger partial charge in [0.1, 0.15) is 5.75 Å². The Balaban J connectivity index is 3.00. The first-order chi connectivity index (χ1) is 9.53. The molecule has 0 spiro atoms. The van der Waals surface area contributed by atoms with Gasteiger partial charge in [0, 0.05) is 13.1 Å². The largest absolute Gasteiger partial charge is 0.415 e. The number of allylic oxidation sites excluding steroid dienone is 1. The second kappa shape index (κ2) is 7.73. The molecule has 1 aromatic carbocycles. The Morgan fingerprint density at radius 1 is 1.40 bits per heavy atom. The Morgan fingerprint density at radius 3 is 2.60 bits per heavy atom. The highest BCUT2D eigenvalue weighted by atomic mass is 16.6. The summed E-state index contributed by atoms with van der Waals surface area (Å²) in [5.74, 6) is 0.948. The normalized spacial score (nSPS) is 11.8. The first-order valence-corrected chi connectivity index (χ1v) is 7.21. The van der Waals surface area contributed by atoms with E-state index in [4.69, 9.17) is 4.74 Å². The summed E-state index contributed by atoms with van der Waals surface area (Å²) in [6.07, 6.45) is 2.46. The van der Waals surface area contributed by atoms with Crippen molar-refractivity contribution in [1.82, 2.24) is 4.90 Å². The maximum Gasteiger partial charge on any atom is 0.415 e. The van der Waals surface area contributed by atoms with Gasteiger partial charge in [0.2, 0.25) is 0 Å². The minimum Gasteiger partial charge on any atom is -0.410 e. The molecule has 0 fully saturated rings. The van der Waals surface area contributed by atoms with Crippen LogP contribution < -0.4 is 4.74 Å². The van der Waals surface area contributed by atoms with Gasteiger partial charge in [0.05, 0.1) is 0 Å². The van der Waals surface area contributed by atoms with E-state index >= 15 is 0 Å². The summed E-state index contributed by atoms with van der Waals surface area (Å²) >= 11 is 0. The number of hydrogen-bond acceptors (Lipinski definition) is 2. The third kappa shape index (κ3) is 4.12. The average Bonchev–Trinajstić information content (AvgIpc) is 2.40. The number of carbonyl (C=O) groups is 1. The van der Waals surface area contributed by atoms with E-state index in [-0.39, 0.29) is 12.0 Å². The van der Waals surface area contributed by atoms with Gasteiger partial charge in [-0.25, -0.2) is 4.79 Å². The maximum atomic E-state index is 12.1. The van der Waals surface area contributed by atoms with Gasteiger partial charge < -0.3 is 9.64 Å². The van der Waals surface area contributed by atoms with Crippen molar-refractivity contribution in [2.45, 2.75) is 40.0 Å². The van der Waals surface area contributed by atoms with Crippen molar-refractivity contribution in [2.24, 2.45) is 0 Å². The van der Waals surface area contributed by atoms with Crippen LogP contribution in [0.1, 0.15) is 44.2 Å². The number of rotatable bonds is 6. The summed E-state index contributed by atoms with van der Waals surface area (Å²) < 4.78 is 5.59. The monoisotopic (exact) mass is 275 g/mol. The molecular weight excluding hydrogens is 250 g/mol. The third-order valence-corrected chi connectivity index (χ3v) is 3.44. The number of aryl methyl sites for hydroxylation is 1. The lowest BCUT2D eigenvalue weighted by Crippen LogP contribution is -2.33. The Kier molecular flexibility index (Phi) is 6.29. The van der Waals surface area contributed by atoms with Crippen LogP contribution in [-0.4, -0.2) is 24.1 Å². The van der Waals surface area contributed by atoms with E-state index in [2.05, 4.69) is 13.5 Å². The number of carbonyl (C=O) groups excluding carboxylic acids is 1. The zero-order valence-corrected chi connectivity index (χ0v) is 13.0. The van der Waals surface area contributed by atoms with Crippen molar-refractivity contribution in [3.05, 3.63) is 42.0 Å². The minimum absolute atomic E-state index is 0.285. The summed E-state index contributed by atoms with van der Waals surface area (Å²) in [5.41, 5.74) is 2.14. The van der Waals surface area contributed by atoms with Crippen LogP contribution in [0.25, 0.3) is 0 Å². The zero-order valence-electron chi connectivity index (χ0n) is 13.0. The van der Waals surface area contributed by atoms with Crippen molar-refractivity contribution in [1.29, 1.82) is 0 Å². The molecule has 0 bridgehead atoms. The molecular formula is C17H25NO2. The van der Waals surface area contributed by atoms with E-state index in [0.29, 0.717) is 18.8 Å². The van der Waals surface area contributed by atoms with Crippen LogP contribution in [0.3, 0.4) is 0 Å². The lowest BCUT2D eigenvalue weighted by Gasteiger charge is -2.21. The molecule has 0 N–H and O–H groups in total. The average molecular weight is 275 g/mol. The van der Waals surface area contributed by atoms with Gasteiger partial charge in [-0.1, -0.05) is 25.1 Å². The number of amides is 1. The van der Waals surface area contributed by atoms with Crippen molar-refractivity contribution in [2.75, 3.05) is 13.1 Å². The van der Waals surface area contributed by atoms with Crippen LogP contribution in [0.2, 0.25) is 0 Å². The smallest absolute Gasteiger partial charge is 0.410 e. The molecule has 1 amide bonds. The minimum atomic E-state index is -0.285. The Morgan fingerprint density at radius 2 is 2.05 bits per heavy atom. The molecule has 0 aliphatic carbocycles. The molecule has 1 aromatic rings. The second-order valence-corrected chi connectivity index (χ2v) is 5.01. The topological polar surface area (TPSA) is 29.5 Å². The van der Waals surface area contributed by atoms with E-state index in [1.807, 2.05) is 45.0 Å². The van der Waals surface area contributed by atoms with Crippen molar-refractivity contribution < 1.29 is 9.53 Å². The fourth-order valence-corrected chi connectivity index (χ4v) is 2.15. The summed E-state index contributed by atoms with van der Waals surface area (Å²) in [6.45, 7) is 13.1. The highest BCUT2D eigenvalue weighted by molar-refractivity contribution is 5.71. The van der Waals surface area contributed by atoms with Gasteiger partial charge in [-0.3, -0.25) is 0 Å². The predicted molar refractivity (Wildman–Crippen MR) is 83.4 cm³/mol. The highest BCUT2D eigenvalue weighted by Crippen LogP contribution is 2.30. The molecule has 110 valence electrons. The van der Waals surface area contributed by atoms with E-state index in [1.165, 1.54) is 0 Å². The molecule has 3 heteroatoms. The first kappa shape index (κ1) is 16.3. The Labute approximate surface area is 122 Å². The van der Waals surface area contributed by atoms with Crippen molar-refractivity contribution >= 4 is 6.09 Å². The quantitative estimate of drug-likeness (QED) is 0.715. The predicted octanol–water partition coefficient (Wildman–Crippen LogP) is 4.52. The zero-order chi connectivity index (χ0) is 15.1. The van der Waals surface area contributed by atoms with Crippen molar-refractivity contribution in [3.63, 3.8) is 0 Å². The van der Waals surface area contributed by atoms with Gasteiger partial charge in [0.25, 0.3) is 0 Å². The molecule has 0 aliphatic heterocycles. The van der Waals surface area contributed by atoms with E-state index < -0.39 is 0 Å². The van der Waals surface area contributed by atoms with Crippen LogP contribution in [0.15, 0.2) is 30.9 Å². The van der Waals surface area contributed by atoms with Gasteiger partial charge in [-0.15, -0.1) is 6.58 Å². The third-order valence-electron chi connectivity index (χ3n) is 3.44.